The maximum Gasteiger partial charge on any atom is 0.244 e. The molecule has 1 amide bonds. The van der Waals surface area contributed by atoms with Gasteiger partial charge >= 0.3 is 0 Å². The van der Waals surface area contributed by atoms with Crippen LogP contribution in [0.2, 0.25) is 0 Å². The molecular formula is C14H16N2O2. The summed E-state index contributed by atoms with van der Waals surface area (Å²) in [5, 5.41) is 20.3. The van der Waals surface area contributed by atoms with Gasteiger partial charge in [0.25, 0.3) is 0 Å². The van der Waals surface area contributed by atoms with E-state index in [2.05, 4.69) is 5.32 Å². The van der Waals surface area contributed by atoms with Gasteiger partial charge in [-0.2, -0.15) is 5.26 Å². The predicted molar refractivity (Wildman–Crippen MR) is 69.5 cm³/mol. The topological polar surface area (TPSA) is 73.1 Å². The zero-order valence-corrected chi connectivity index (χ0v) is 10.3. The Morgan fingerprint density at radius 3 is 2.67 bits per heavy atom. The average molecular weight is 244 g/mol. The Morgan fingerprint density at radius 1 is 1.50 bits per heavy atom. The third-order valence-corrected chi connectivity index (χ3v) is 2.53. The van der Waals surface area contributed by atoms with E-state index in [4.69, 9.17) is 10.4 Å². The van der Waals surface area contributed by atoms with Gasteiger partial charge in [0.1, 0.15) is 0 Å². The summed E-state index contributed by atoms with van der Waals surface area (Å²) >= 11 is 0. The van der Waals surface area contributed by atoms with E-state index in [0.717, 1.165) is 5.56 Å². The average Bonchev–Trinajstić information content (AvgIpc) is 2.43. The van der Waals surface area contributed by atoms with E-state index in [-0.39, 0.29) is 18.6 Å². The zero-order valence-electron chi connectivity index (χ0n) is 10.3. The highest BCUT2D eigenvalue weighted by atomic mass is 16.3. The molecule has 0 saturated carbocycles. The van der Waals surface area contributed by atoms with Gasteiger partial charge in [-0.1, -0.05) is 19.1 Å². The maximum atomic E-state index is 11.5. The standard InChI is InChI=1S/C14H16N2O2/c1-2-13(10-17)16-14(18)8-7-11-3-5-12(9-15)6-4-11/h3-8,13,17H,2,10H2,1H3,(H,16,18)/b8-7+/t13-/m1/s1. The largest absolute Gasteiger partial charge is 0.394 e. The molecule has 2 N–H and O–H groups in total. The number of hydrogen-bond donors (Lipinski definition) is 2. The van der Waals surface area contributed by atoms with Crippen LogP contribution < -0.4 is 5.32 Å². The van der Waals surface area contributed by atoms with Crippen LogP contribution in [0.3, 0.4) is 0 Å². The number of nitrogens with zero attached hydrogens (tertiary/aromatic N) is 1. The molecule has 1 atom stereocenters. The van der Waals surface area contributed by atoms with Crippen LogP contribution in [0.25, 0.3) is 6.08 Å². The first kappa shape index (κ1) is 13.9. The van der Waals surface area contributed by atoms with E-state index in [9.17, 15) is 4.79 Å². The van der Waals surface area contributed by atoms with Gasteiger partial charge in [-0.15, -0.1) is 0 Å². The molecule has 0 heterocycles. The molecule has 0 aliphatic carbocycles. The van der Waals surface area contributed by atoms with E-state index in [1.807, 2.05) is 13.0 Å². The molecule has 0 radical (unpaired) electrons. The Kier molecular flexibility index (Phi) is 5.62. The number of amides is 1. The fraction of sp³-hybridized carbons (Fsp3) is 0.286. The van der Waals surface area contributed by atoms with Crippen LogP contribution in [0.1, 0.15) is 24.5 Å². The highest BCUT2D eigenvalue weighted by Gasteiger charge is 2.05. The van der Waals surface area contributed by atoms with Crippen molar-refractivity contribution < 1.29 is 9.90 Å². The van der Waals surface area contributed by atoms with Crippen LogP contribution in [-0.2, 0) is 4.79 Å². The number of rotatable bonds is 5. The number of nitrogens with one attached hydrogen (secondary N) is 1. The molecule has 1 aromatic rings. The SMILES string of the molecule is CC[C@H](CO)NC(=O)/C=C/c1ccc(C#N)cc1. The minimum atomic E-state index is -0.236. The molecular weight excluding hydrogens is 228 g/mol. The normalized spacial score (nSPS) is 12.1. The molecule has 1 aromatic carbocycles. The Balaban J connectivity index is 2.58. The minimum Gasteiger partial charge on any atom is -0.394 e. The lowest BCUT2D eigenvalue weighted by Gasteiger charge is -2.11. The number of nitriles is 1. The highest BCUT2D eigenvalue weighted by molar-refractivity contribution is 5.91. The minimum absolute atomic E-state index is 0.0626. The van der Waals surface area contributed by atoms with Crippen molar-refractivity contribution in [2.24, 2.45) is 0 Å². The second-order valence-corrected chi connectivity index (χ2v) is 3.86. The van der Waals surface area contributed by atoms with Crippen molar-refractivity contribution in [1.82, 2.24) is 5.32 Å². The van der Waals surface area contributed by atoms with Crippen molar-refractivity contribution in [3.05, 3.63) is 41.5 Å². The van der Waals surface area contributed by atoms with Gasteiger partial charge in [0.05, 0.1) is 24.3 Å². The van der Waals surface area contributed by atoms with E-state index in [1.165, 1.54) is 6.08 Å². The first-order valence-corrected chi connectivity index (χ1v) is 5.79. The molecule has 0 aromatic heterocycles. The summed E-state index contributed by atoms with van der Waals surface area (Å²) in [6.07, 6.45) is 3.77. The summed E-state index contributed by atoms with van der Waals surface area (Å²) in [7, 11) is 0. The molecule has 0 bridgehead atoms. The van der Waals surface area contributed by atoms with Crippen LogP contribution in [0.4, 0.5) is 0 Å². The number of aliphatic hydroxyl groups is 1. The van der Waals surface area contributed by atoms with Crippen LogP contribution in [-0.4, -0.2) is 23.7 Å². The summed E-state index contributed by atoms with van der Waals surface area (Å²) < 4.78 is 0. The van der Waals surface area contributed by atoms with Crippen LogP contribution in [0, 0.1) is 11.3 Å². The second-order valence-electron chi connectivity index (χ2n) is 3.86. The molecule has 0 fully saturated rings. The van der Waals surface area contributed by atoms with Crippen molar-refractivity contribution in [3.63, 3.8) is 0 Å². The van der Waals surface area contributed by atoms with Crippen molar-refractivity contribution in [2.75, 3.05) is 6.61 Å². The van der Waals surface area contributed by atoms with Gasteiger partial charge in [-0.05, 0) is 30.2 Å². The zero-order chi connectivity index (χ0) is 13.4. The van der Waals surface area contributed by atoms with Crippen molar-refractivity contribution in [3.8, 4) is 6.07 Å². The van der Waals surface area contributed by atoms with E-state index >= 15 is 0 Å². The Bertz CT molecular complexity index is 454. The van der Waals surface area contributed by atoms with Gasteiger partial charge in [-0.25, -0.2) is 0 Å². The third kappa shape index (κ3) is 4.40. The Morgan fingerprint density at radius 2 is 2.17 bits per heavy atom. The summed E-state index contributed by atoms with van der Waals surface area (Å²) in [6.45, 7) is 1.83. The number of carbonyl (C=O) groups is 1. The Hall–Kier alpha value is -2.12. The molecule has 0 spiro atoms. The third-order valence-electron chi connectivity index (χ3n) is 2.53. The van der Waals surface area contributed by atoms with Gasteiger partial charge in [0.2, 0.25) is 5.91 Å². The molecule has 0 unspecified atom stereocenters. The lowest BCUT2D eigenvalue weighted by molar-refractivity contribution is -0.117. The lowest BCUT2D eigenvalue weighted by Crippen LogP contribution is -2.35. The summed E-state index contributed by atoms with van der Waals surface area (Å²) in [6, 6.07) is 8.75. The monoisotopic (exact) mass is 244 g/mol. The van der Waals surface area contributed by atoms with Crippen molar-refractivity contribution in [2.45, 2.75) is 19.4 Å². The fourth-order valence-corrected chi connectivity index (χ4v) is 1.37. The van der Waals surface area contributed by atoms with E-state index in [1.54, 1.807) is 30.3 Å². The maximum absolute atomic E-state index is 11.5. The molecule has 0 aliphatic rings. The molecule has 0 aliphatic heterocycles. The molecule has 94 valence electrons. The first-order chi connectivity index (χ1) is 8.69. The van der Waals surface area contributed by atoms with Gasteiger partial charge < -0.3 is 10.4 Å². The van der Waals surface area contributed by atoms with Gasteiger partial charge in [0.15, 0.2) is 0 Å². The highest BCUT2D eigenvalue weighted by Crippen LogP contribution is 2.05. The molecule has 4 nitrogen and oxygen atoms in total. The summed E-state index contributed by atoms with van der Waals surface area (Å²) in [4.78, 5) is 11.5. The van der Waals surface area contributed by atoms with Crippen molar-refractivity contribution in [1.29, 1.82) is 5.26 Å². The van der Waals surface area contributed by atoms with Crippen LogP contribution in [0.15, 0.2) is 30.3 Å². The van der Waals surface area contributed by atoms with Crippen LogP contribution in [0.5, 0.6) is 0 Å². The lowest BCUT2D eigenvalue weighted by atomic mass is 10.1. The molecule has 1 rings (SSSR count). The van der Waals surface area contributed by atoms with E-state index < -0.39 is 0 Å². The Labute approximate surface area is 107 Å². The quantitative estimate of drug-likeness (QED) is 0.770. The predicted octanol–water partition coefficient (Wildman–Crippen LogP) is 1.46. The second kappa shape index (κ2) is 7.25. The fourth-order valence-electron chi connectivity index (χ4n) is 1.37. The summed E-state index contributed by atoms with van der Waals surface area (Å²) in [5.74, 6) is -0.236. The van der Waals surface area contributed by atoms with Crippen molar-refractivity contribution >= 4 is 12.0 Å². The van der Waals surface area contributed by atoms with E-state index in [0.29, 0.717) is 12.0 Å². The summed E-state index contributed by atoms with van der Waals surface area (Å²) in [5.41, 5.74) is 1.43. The molecule has 0 saturated heterocycles. The number of hydrogen-bond acceptors (Lipinski definition) is 3. The van der Waals surface area contributed by atoms with Gasteiger partial charge in [-0.3, -0.25) is 4.79 Å². The number of carbonyl (C=O) groups excluding carboxylic acids is 1. The molecule has 4 heteroatoms. The number of aliphatic hydroxyl groups excluding tert-OH is 1. The van der Waals surface area contributed by atoms with Crippen LogP contribution >= 0.6 is 0 Å². The molecule has 18 heavy (non-hydrogen) atoms. The first-order valence-electron chi connectivity index (χ1n) is 5.79. The smallest absolute Gasteiger partial charge is 0.244 e. The van der Waals surface area contributed by atoms with Gasteiger partial charge in [0, 0.05) is 6.08 Å². The number of benzene rings is 1.